The topological polar surface area (TPSA) is 49.3 Å². The lowest BCUT2D eigenvalue weighted by molar-refractivity contribution is 0.579. The summed E-state index contributed by atoms with van der Waals surface area (Å²) in [4.78, 5) is 10.1. The Bertz CT molecular complexity index is 698. The van der Waals surface area contributed by atoms with Crippen LogP contribution in [0, 0.1) is 25.5 Å². The predicted molar refractivity (Wildman–Crippen MR) is 110 cm³/mol. The van der Waals surface area contributed by atoms with Crippen molar-refractivity contribution in [2.45, 2.75) is 33.7 Å². The van der Waals surface area contributed by atoms with Crippen LogP contribution in [0.15, 0.2) is 23.2 Å². The summed E-state index contributed by atoms with van der Waals surface area (Å²) in [5.74, 6) is -0.428. The maximum atomic E-state index is 13.2. The highest BCUT2D eigenvalue weighted by Gasteiger charge is 2.05. The lowest BCUT2D eigenvalue weighted by Gasteiger charge is -2.11. The van der Waals surface area contributed by atoms with Gasteiger partial charge in [0.05, 0.1) is 17.2 Å². The van der Waals surface area contributed by atoms with E-state index < -0.39 is 11.6 Å². The van der Waals surface area contributed by atoms with Gasteiger partial charge in [-0.2, -0.15) is 0 Å². The van der Waals surface area contributed by atoms with E-state index in [9.17, 15) is 8.78 Å². The third-order valence-corrected chi connectivity index (χ3v) is 4.41. The van der Waals surface area contributed by atoms with E-state index in [2.05, 4.69) is 20.6 Å². The molecule has 0 fully saturated rings. The van der Waals surface area contributed by atoms with Gasteiger partial charge in [-0.3, -0.25) is 0 Å². The molecular formula is C17H23F2IN4S. The van der Waals surface area contributed by atoms with Crippen LogP contribution in [-0.2, 0) is 13.0 Å². The molecule has 0 unspecified atom stereocenters. The molecule has 2 rings (SSSR count). The summed E-state index contributed by atoms with van der Waals surface area (Å²) in [6, 6.07) is 3.57. The number of benzene rings is 1. The van der Waals surface area contributed by atoms with Crippen molar-refractivity contribution >= 4 is 41.3 Å². The van der Waals surface area contributed by atoms with Crippen molar-refractivity contribution in [2.75, 3.05) is 13.1 Å². The summed E-state index contributed by atoms with van der Waals surface area (Å²) in [5.41, 5.74) is 1.62. The summed E-state index contributed by atoms with van der Waals surface area (Å²) in [6.45, 7) is 7.78. The molecule has 2 N–H and O–H groups in total. The van der Waals surface area contributed by atoms with Gasteiger partial charge in [-0.25, -0.2) is 18.8 Å². The molecular weight excluding hydrogens is 457 g/mol. The fourth-order valence-corrected chi connectivity index (χ4v) is 3.15. The Hall–Kier alpha value is -1.29. The van der Waals surface area contributed by atoms with Crippen molar-refractivity contribution in [3.05, 3.63) is 51.0 Å². The summed E-state index contributed by atoms with van der Waals surface area (Å²) < 4.78 is 26.4. The molecule has 0 aliphatic carbocycles. The van der Waals surface area contributed by atoms with Crippen LogP contribution in [0.2, 0.25) is 0 Å². The van der Waals surface area contributed by atoms with E-state index in [1.807, 2.05) is 20.8 Å². The first-order chi connectivity index (χ1) is 11.5. The smallest absolute Gasteiger partial charge is 0.191 e. The number of thiazole rings is 1. The van der Waals surface area contributed by atoms with Gasteiger partial charge >= 0.3 is 0 Å². The van der Waals surface area contributed by atoms with Crippen molar-refractivity contribution in [1.82, 2.24) is 15.6 Å². The number of guanidine groups is 1. The van der Waals surface area contributed by atoms with E-state index in [0.717, 1.165) is 28.2 Å². The predicted octanol–water partition coefficient (Wildman–Crippen LogP) is 3.95. The first-order valence-corrected chi connectivity index (χ1v) is 8.69. The molecule has 0 saturated heterocycles. The fourth-order valence-electron chi connectivity index (χ4n) is 2.29. The number of aryl methyl sites for hydroxylation is 2. The van der Waals surface area contributed by atoms with E-state index >= 15 is 0 Å². The van der Waals surface area contributed by atoms with Gasteiger partial charge in [0.1, 0.15) is 11.6 Å². The number of hydrogen-bond acceptors (Lipinski definition) is 3. The van der Waals surface area contributed by atoms with Gasteiger partial charge in [0, 0.05) is 24.0 Å². The van der Waals surface area contributed by atoms with E-state index in [4.69, 9.17) is 0 Å². The second-order valence-corrected chi connectivity index (χ2v) is 6.68. The molecule has 0 bridgehead atoms. The molecule has 8 heteroatoms. The molecule has 1 heterocycles. The maximum Gasteiger partial charge on any atom is 0.191 e. The van der Waals surface area contributed by atoms with Crippen molar-refractivity contribution in [3.8, 4) is 0 Å². The Morgan fingerprint density at radius 2 is 1.84 bits per heavy atom. The van der Waals surface area contributed by atoms with Gasteiger partial charge in [-0.1, -0.05) is 0 Å². The van der Waals surface area contributed by atoms with Gasteiger partial charge < -0.3 is 10.6 Å². The SMILES string of the molecule is CCNC(=NCc1sc(C)nc1C)NCCc1cc(F)cc(F)c1.I. The lowest BCUT2D eigenvalue weighted by atomic mass is 10.1. The zero-order valence-corrected chi connectivity index (χ0v) is 17.7. The van der Waals surface area contributed by atoms with E-state index in [0.29, 0.717) is 31.0 Å². The number of nitrogens with zero attached hydrogens (tertiary/aromatic N) is 2. The van der Waals surface area contributed by atoms with E-state index in [-0.39, 0.29) is 24.0 Å². The Labute approximate surface area is 168 Å². The van der Waals surface area contributed by atoms with Gasteiger partial charge in [-0.15, -0.1) is 35.3 Å². The highest BCUT2D eigenvalue weighted by molar-refractivity contribution is 14.0. The molecule has 1 aromatic carbocycles. The number of aliphatic imine (C=N–C) groups is 1. The average Bonchev–Trinajstić information content (AvgIpc) is 2.81. The van der Waals surface area contributed by atoms with Crippen molar-refractivity contribution < 1.29 is 8.78 Å². The van der Waals surface area contributed by atoms with Crippen LogP contribution >= 0.6 is 35.3 Å². The normalized spacial score (nSPS) is 11.2. The van der Waals surface area contributed by atoms with Crippen molar-refractivity contribution in [3.63, 3.8) is 0 Å². The number of aromatic nitrogens is 1. The minimum absolute atomic E-state index is 0. The molecule has 0 aliphatic rings. The quantitative estimate of drug-likeness (QED) is 0.374. The molecule has 0 atom stereocenters. The Kier molecular flexibility index (Phi) is 9.26. The minimum Gasteiger partial charge on any atom is -0.357 e. The molecule has 138 valence electrons. The van der Waals surface area contributed by atoms with Crippen LogP contribution in [0.3, 0.4) is 0 Å². The van der Waals surface area contributed by atoms with Gasteiger partial charge in [0.2, 0.25) is 0 Å². The molecule has 0 amide bonds. The van der Waals surface area contributed by atoms with Gasteiger partial charge in [-0.05, 0) is 44.9 Å². The summed E-state index contributed by atoms with van der Waals surface area (Å²) in [6.07, 6.45) is 0.512. The summed E-state index contributed by atoms with van der Waals surface area (Å²) in [7, 11) is 0. The second-order valence-electron chi connectivity index (χ2n) is 5.39. The monoisotopic (exact) mass is 480 g/mol. The zero-order valence-electron chi connectivity index (χ0n) is 14.5. The lowest BCUT2D eigenvalue weighted by Crippen LogP contribution is -2.38. The Morgan fingerprint density at radius 1 is 1.16 bits per heavy atom. The first kappa shape index (κ1) is 21.8. The molecule has 25 heavy (non-hydrogen) atoms. The molecule has 0 spiro atoms. The van der Waals surface area contributed by atoms with Crippen LogP contribution in [0.4, 0.5) is 8.78 Å². The molecule has 2 aromatic rings. The number of halogens is 3. The third kappa shape index (κ3) is 7.23. The van der Waals surface area contributed by atoms with Crippen LogP contribution < -0.4 is 10.6 Å². The van der Waals surface area contributed by atoms with Gasteiger partial charge in [0.15, 0.2) is 5.96 Å². The molecule has 1 aromatic heterocycles. The molecule has 0 radical (unpaired) electrons. The van der Waals surface area contributed by atoms with Crippen LogP contribution in [0.25, 0.3) is 0 Å². The fraction of sp³-hybridized carbons (Fsp3) is 0.412. The molecule has 4 nitrogen and oxygen atoms in total. The maximum absolute atomic E-state index is 13.2. The van der Waals surface area contributed by atoms with E-state index in [1.54, 1.807) is 11.3 Å². The van der Waals surface area contributed by atoms with Crippen LogP contribution in [0.1, 0.15) is 28.1 Å². The minimum atomic E-state index is -0.554. The van der Waals surface area contributed by atoms with Crippen molar-refractivity contribution in [2.24, 2.45) is 4.99 Å². The number of nitrogens with one attached hydrogen (secondary N) is 2. The molecule has 0 aliphatic heterocycles. The van der Waals surface area contributed by atoms with Crippen molar-refractivity contribution in [1.29, 1.82) is 0 Å². The summed E-state index contributed by atoms with van der Waals surface area (Å²) in [5, 5.41) is 7.38. The number of hydrogen-bond donors (Lipinski definition) is 2. The zero-order chi connectivity index (χ0) is 17.5. The standard InChI is InChI=1S/C17H22F2N4S.HI/c1-4-20-17(22-10-16-11(2)23-12(3)24-16)21-6-5-13-7-14(18)9-15(19)8-13;/h7-9H,4-6,10H2,1-3H3,(H2,20,21,22);1H. The first-order valence-electron chi connectivity index (χ1n) is 7.88. The summed E-state index contributed by atoms with van der Waals surface area (Å²) >= 11 is 1.64. The highest BCUT2D eigenvalue weighted by Crippen LogP contribution is 2.17. The van der Waals surface area contributed by atoms with E-state index in [1.165, 1.54) is 12.1 Å². The third-order valence-electron chi connectivity index (χ3n) is 3.35. The largest absolute Gasteiger partial charge is 0.357 e. The number of rotatable bonds is 6. The van der Waals surface area contributed by atoms with Crippen LogP contribution in [0.5, 0.6) is 0 Å². The Balaban J connectivity index is 0.00000312. The van der Waals surface area contributed by atoms with Crippen LogP contribution in [-0.4, -0.2) is 24.0 Å². The average molecular weight is 480 g/mol. The highest BCUT2D eigenvalue weighted by atomic mass is 127. The second kappa shape index (κ2) is 10.6. The molecule has 0 saturated carbocycles. The Morgan fingerprint density at radius 3 is 2.40 bits per heavy atom. The van der Waals surface area contributed by atoms with Gasteiger partial charge in [0.25, 0.3) is 0 Å².